The summed E-state index contributed by atoms with van der Waals surface area (Å²) in [5, 5.41) is 9.77. The summed E-state index contributed by atoms with van der Waals surface area (Å²) in [6.07, 6.45) is 108. The van der Waals surface area contributed by atoms with Crippen molar-refractivity contribution in [3.63, 3.8) is 0 Å². The van der Waals surface area contributed by atoms with Gasteiger partial charge < -0.3 is 28.5 Å². The first-order valence-electron chi connectivity index (χ1n) is 38.6. The van der Waals surface area contributed by atoms with Gasteiger partial charge in [-0.25, -0.2) is 4.79 Å². The minimum atomic E-state index is -1.52. The summed E-state index contributed by atoms with van der Waals surface area (Å²) in [4.78, 5) is 37.7. The minimum Gasteiger partial charge on any atom is -0.477 e. The first-order valence-corrected chi connectivity index (χ1v) is 38.6. The predicted molar refractivity (Wildman–Crippen MR) is 410 cm³/mol. The number of hydrogen-bond acceptors (Lipinski definition) is 7. The lowest BCUT2D eigenvalue weighted by atomic mass is 10.0. The first-order chi connectivity index (χ1) is 46.6. The molecule has 0 aliphatic heterocycles. The highest BCUT2D eigenvalue weighted by Crippen LogP contribution is 2.18. The van der Waals surface area contributed by atoms with E-state index in [0.717, 1.165) is 128 Å². The number of likely N-dealkylation sites (N-methyl/N-ethyl adjacent to an activating group) is 1. The van der Waals surface area contributed by atoms with Gasteiger partial charge in [0.1, 0.15) is 13.2 Å². The van der Waals surface area contributed by atoms with Crippen LogP contribution in [0.2, 0.25) is 0 Å². The normalized spacial score (nSPS) is 13.6. The van der Waals surface area contributed by atoms with Gasteiger partial charge in [-0.3, -0.25) is 9.59 Å². The number of carbonyl (C=O) groups is 3. The molecule has 0 rings (SSSR count). The third-order valence-corrected chi connectivity index (χ3v) is 16.3. The van der Waals surface area contributed by atoms with Crippen LogP contribution in [-0.4, -0.2) is 87.4 Å². The molecule has 9 heteroatoms. The fourth-order valence-electron chi connectivity index (χ4n) is 10.5. The van der Waals surface area contributed by atoms with Gasteiger partial charge in [0.15, 0.2) is 6.10 Å². The standard InChI is InChI=1S/C86H143NO8/c1-6-8-10-12-14-16-18-20-22-24-26-28-30-32-34-36-38-39-40-41-42-43-44-45-47-48-50-52-54-56-58-60-62-64-66-68-70-72-74-76-83(88)93-80-82(81-94-86(85(90)91)92-79-78-87(3,4)5)95-84(89)77-75-73-71-69-67-65-63-61-59-57-55-53-51-49-46-37-35-33-31-29-27-25-23-21-19-17-15-13-11-9-7-2/h8-11,14-17,20-23,26-29,32-35,38-39,46,49,53,55,82,86H,6-7,12-13,18-19,24-25,30-31,36-37,40-45,47-48,50-52,54,56-81H2,1-5H3/p+1/b10-8-,11-9-,16-14-,17-15-,22-20-,23-21-,28-26-,29-27-,34-32-,35-33-,39-38-,49-46-,55-53-. The maximum absolute atomic E-state index is 13.0. The van der Waals surface area contributed by atoms with Crippen molar-refractivity contribution in [1.29, 1.82) is 0 Å². The van der Waals surface area contributed by atoms with Crippen molar-refractivity contribution in [2.75, 3.05) is 47.5 Å². The first kappa shape index (κ1) is 89.9. The Morgan fingerprint density at radius 3 is 0.842 bits per heavy atom. The van der Waals surface area contributed by atoms with Crippen LogP contribution >= 0.6 is 0 Å². The van der Waals surface area contributed by atoms with Crippen molar-refractivity contribution in [1.82, 2.24) is 0 Å². The summed E-state index contributed by atoms with van der Waals surface area (Å²) < 4.78 is 23.0. The van der Waals surface area contributed by atoms with Crippen LogP contribution in [0.15, 0.2) is 158 Å². The molecule has 0 radical (unpaired) electrons. The lowest BCUT2D eigenvalue weighted by molar-refractivity contribution is -0.870. The second kappa shape index (κ2) is 74.7. The number of hydrogen-bond donors (Lipinski definition) is 1. The van der Waals surface area contributed by atoms with Gasteiger partial charge in [0, 0.05) is 12.8 Å². The zero-order valence-corrected chi connectivity index (χ0v) is 61.8. The summed E-state index contributed by atoms with van der Waals surface area (Å²) >= 11 is 0. The van der Waals surface area contributed by atoms with Crippen LogP contribution in [0.3, 0.4) is 0 Å². The number of esters is 2. The van der Waals surface area contributed by atoms with Crippen LogP contribution in [0.25, 0.3) is 0 Å². The zero-order chi connectivity index (χ0) is 69.0. The van der Waals surface area contributed by atoms with Crippen molar-refractivity contribution >= 4 is 17.9 Å². The van der Waals surface area contributed by atoms with Crippen LogP contribution in [0.4, 0.5) is 0 Å². The fourth-order valence-corrected chi connectivity index (χ4v) is 10.5. The van der Waals surface area contributed by atoms with E-state index in [9.17, 15) is 19.5 Å². The van der Waals surface area contributed by atoms with Crippen LogP contribution in [0.1, 0.15) is 309 Å². The second-order valence-corrected chi connectivity index (χ2v) is 26.6. The zero-order valence-electron chi connectivity index (χ0n) is 61.8. The van der Waals surface area contributed by atoms with Gasteiger partial charge in [-0.1, -0.05) is 332 Å². The Kier molecular flexibility index (Phi) is 70.7. The molecule has 540 valence electrons. The highest BCUT2D eigenvalue weighted by atomic mass is 16.7. The van der Waals surface area contributed by atoms with Gasteiger partial charge in [-0.2, -0.15) is 0 Å². The number of ether oxygens (including phenoxy) is 4. The fraction of sp³-hybridized carbons (Fsp3) is 0.663. The highest BCUT2D eigenvalue weighted by molar-refractivity contribution is 5.71. The Morgan fingerprint density at radius 1 is 0.316 bits per heavy atom. The largest absolute Gasteiger partial charge is 0.477 e. The summed E-state index contributed by atoms with van der Waals surface area (Å²) in [5.41, 5.74) is 0. The van der Waals surface area contributed by atoms with E-state index in [1.165, 1.54) is 148 Å². The SMILES string of the molecule is CC/C=C\C/C=C\C/C=C\C/C=C\C/C=C\C/C=C\C/C=C\CCCCCCCCCCCC(=O)OC(COC(=O)CCCCCCCCCCCCCCCCCCCCCC/C=C\C/C=C\C/C=C\C/C=C\C/C=C\C/C=C\CC)COC(OCC[N+](C)(C)C)C(=O)O. The number of allylic oxidation sites excluding steroid dienone is 26. The molecule has 0 fully saturated rings. The molecule has 9 nitrogen and oxygen atoms in total. The van der Waals surface area contributed by atoms with Crippen LogP contribution in [-0.2, 0) is 33.3 Å². The van der Waals surface area contributed by atoms with E-state index in [2.05, 4.69) is 172 Å². The minimum absolute atomic E-state index is 0.181. The summed E-state index contributed by atoms with van der Waals surface area (Å²) in [7, 11) is 5.98. The highest BCUT2D eigenvalue weighted by Gasteiger charge is 2.25. The lowest BCUT2D eigenvalue weighted by Crippen LogP contribution is -2.40. The molecular weight excluding hydrogens is 1170 g/mol. The van der Waals surface area contributed by atoms with E-state index in [-0.39, 0.29) is 32.2 Å². The molecule has 2 unspecified atom stereocenters. The van der Waals surface area contributed by atoms with Crippen molar-refractivity contribution in [2.45, 2.75) is 322 Å². The van der Waals surface area contributed by atoms with Gasteiger partial charge >= 0.3 is 17.9 Å². The average molecular weight is 1320 g/mol. The molecule has 0 aliphatic carbocycles. The van der Waals surface area contributed by atoms with E-state index in [1.54, 1.807) is 0 Å². The Hall–Kier alpha value is -5.09. The molecule has 0 saturated heterocycles. The quantitative estimate of drug-likeness (QED) is 0.0211. The smallest absolute Gasteiger partial charge is 0.361 e. The molecule has 0 heterocycles. The molecule has 0 spiro atoms. The molecule has 0 aromatic rings. The molecule has 0 saturated carbocycles. The average Bonchev–Trinajstić information content (AvgIpc) is 3.24. The molecule has 0 aliphatic rings. The number of rotatable bonds is 70. The third-order valence-electron chi connectivity index (χ3n) is 16.3. The van der Waals surface area contributed by atoms with E-state index < -0.39 is 24.3 Å². The number of carbonyl (C=O) groups excluding carboxylic acids is 2. The summed E-state index contributed by atoms with van der Waals surface area (Å²) in [5.74, 6) is -2.01. The predicted octanol–water partition coefficient (Wildman–Crippen LogP) is 24.8. The molecule has 2 atom stereocenters. The van der Waals surface area contributed by atoms with Crippen molar-refractivity contribution in [3.05, 3.63) is 158 Å². The van der Waals surface area contributed by atoms with Gasteiger partial charge in [0.05, 0.1) is 34.4 Å². The Labute approximate surface area is 584 Å². The van der Waals surface area contributed by atoms with Crippen molar-refractivity contribution in [2.24, 2.45) is 0 Å². The monoisotopic (exact) mass is 1320 g/mol. The number of aliphatic carboxylic acids is 1. The van der Waals surface area contributed by atoms with E-state index >= 15 is 0 Å². The number of carboxylic acids is 1. The number of carboxylic acid groups (broad SMARTS) is 1. The maximum atomic E-state index is 13.0. The van der Waals surface area contributed by atoms with Gasteiger partial charge in [-0.05, 0) is 122 Å². The summed E-state index contributed by atoms with van der Waals surface area (Å²) in [6.45, 7) is 4.65. The molecule has 0 amide bonds. The van der Waals surface area contributed by atoms with Crippen molar-refractivity contribution in [3.8, 4) is 0 Å². The van der Waals surface area contributed by atoms with Gasteiger partial charge in [0.2, 0.25) is 0 Å². The molecule has 1 N–H and O–H groups in total. The number of unbranched alkanes of at least 4 members (excludes halogenated alkanes) is 29. The van der Waals surface area contributed by atoms with E-state index in [4.69, 9.17) is 18.9 Å². The number of nitrogens with zero attached hydrogens (tertiary/aromatic N) is 1. The molecule has 0 bridgehead atoms. The molecule has 0 aromatic heterocycles. The summed E-state index contributed by atoms with van der Waals surface area (Å²) in [6, 6.07) is 0. The second-order valence-electron chi connectivity index (χ2n) is 26.6. The van der Waals surface area contributed by atoms with E-state index in [0.29, 0.717) is 23.9 Å². The van der Waals surface area contributed by atoms with Crippen LogP contribution in [0.5, 0.6) is 0 Å². The van der Waals surface area contributed by atoms with Gasteiger partial charge in [0.25, 0.3) is 6.29 Å². The molecule has 95 heavy (non-hydrogen) atoms. The Balaban J connectivity index is 4.07. The van der Waals surface area contributed by atoms with Crippen LogP contribution < -0.4 is 0 Å². The van der Waals surface area contributed by atoms with Crippen molar-refractivity contribution < 1.29 is 42.9 Å². The third kappa shape index (κ3) is 76.1. The molecular formula is C86H144NO8+. The maximum Gasteiger partial charge on any atom is 0.361 e. The molecule has 0 aromatic carbocycles. The van der Waals surface area contributed by atoms with Gasteiger partial charge in [-0.15, -0.1) is 0 Å². The Bertz CT molecular complexity index is 2130. The Morgan fingerprint density at radius 2 is 0.568 bits per heavy atom. The van der Waals surface area contributed by atoms with E-state index in [1.807, 2.05) is 21.1 Å². The topological polar surface area (TPSA) is 108 Å². The number of quaternary nitrogens is 1. The van der Waals surface area contributed by atoms with Crippen LogP contribution in [0, 0.1) is 0 Å². The lowest BCUT2D eigenvalue weighted by Gasteiger charge is -2.25.